The van der Waals surface area contributed by atoms with Gasteiger partial charge in [0.2, 0.25) is 17.6 Å². The molecule has 0 aliphatic carbocycles. The van der Waals surface area contributed by atoms with E-state index >= 15 is 0 Å². The summed E-state index contributed by atoms with van der Waals surface area (Å²) in [4.78, 5) is 1.43. The van der Waals surface area contributed by atoms with Crippen molar-refractivity contribution >= 4 is 0 Å². The van der Waals surface area contributed by atoms with Crippen molar-refractivity contribution in [1.82, 2.24) is 30.4 Å². The maximum atomic E-state index is 5.25. The third-order valence-electron chi connectivity index (χ3n) is 2.33. The normalized spacial score (nSPS) is 10.7. The highest BCUT2D eigenvalue weighted by atomic mass is 16.4. The SMILES string of the molecule is Cc1nnc(Cn2nnc(-c3ccccc3)n2)o1. The molecule has 7 heteroatoms. The average Bonchev–Trinajstić information content (AvgIpc) is 3.01. The summed E-state index contributed by atoms with van der Waals surface area (Å²) < 4.78 is 5.25. The second-order valence-electron chi connectivity index (χ2n) is 3.72. The number of tetrazole rings is 1. The molecule has 3 aromatic rings. The molecule has 1 aromatic carbocycles. The first-order valence-corrected chi connectivity index (χ1v) is 5.43. The van der Waals surface area contributed by atoms with Crippen LogP contribution < -0.4 is 0 Å². The highest BCUT2D eigenvalue weighted by molar-refractivity contribution is 5.52. The van der Waals surface area contributed by atoms with Gasteiger partial charge in [0.15, 0.2) is 0 Å². The standard InChI is InChI=1S/C11H10N6O/c1-8-12-13-10(18-8)7-17-15-11(14-16-17)9-5-3-2-4-6-9/h2-6H,7H2,1H3. The quantitative estimate of drug-likeness (QED) is 0.683. The number of nitrogens with zero attached hydrogens (tertiary/aromatic N) is 6. The van der Waals surface area contributed by atoms with Gasteiger partial charge in [0.25, 0.3) is 0 Å². The molecule has 2 aromatic heterocycles. The van der Waals surface area contributed by atoms with Crippen LogP contribution in [0.25, 0.3) is 11.4 Å². The van der Waals surface area contributed by atoms with Crippen LogP contribution in [0.2, 0.25) is 0 Å². The van der Waals surface area contributed by atoms with E-state index in [1.54, 1.807) is 6.92 Å². The fraction of sp³-hybridized carbons (Fsp3) is 0.182. The fourth-order valence-corrected chi connectivity index (χ4v) is 1.54. The summed E-state index contributed by atoms with van der Waals surface area (Å²) in [6, 6.07) is 9.65. The Kier molecular flexibility index (Phi) is 2.56. The van der Waals surface area contributed by atoms with Crippen LogP contribution in [0.15, 0.2) is 34.7 Å². The van der Waals surface area contributed by atoms with E-state index in [4.69, 9.17) is 4.42 Å². The molecular weight excluding hydrogens is 232 g/mol. The van der Waals surface area contributed by atoms with Crippen molar-refractivity contribution in [2.75, 3.05) is 0 Å². The Labute approximate surface area is 102 Å². The number of benzene rings is 1. The van der Waals surface area contributed by atoms with Crippen molar-refractivity contribution in [1.29, 1.82) is 0 Å². The lowest BCUT2D eigenvalue weighted by Gasteiger charge is -1.92. The van der Waals surface area contributed by atoms with E-state index in [1.165, 1.54) is 4.80 Å². The van der Waals surface area contributed by atoms with Crippen LogP contribution >= 0.6 is 0 Å². The largest absolute Gasteiger partial charge is 0.423 e. The first-order valence-electron chi connectivity index (χ1n) is 5.43. The molecule has 0 saturated heterocycles. The molecule has 0 spiro atoms. The van der Waals surface area contributed by atoms with Gasteiger partial charge in [0.05, 0.1) is 0 Å². The van der Waals surface area contributed by atoms with Crippen LogP contribution in [0.1, 0.15) is 11.8 Å². The van der Waals surface area contributed by atoms with E-state index in [0.717, 1.165) is 5.56 Å². The van der Waals surface area contributed by atoms with E-state index in [9.17, 15) is 0 Å². The molecule has 0 aliphatic rings. The molecular formula is C11H10N6O. The van der Waals surface area contributed by atoms with E-state index < -0.39 is 0 Å². The van der Waals surface area contributed by atoms with Gasteiger partial charge >= 0.3 is 0 Å². The van der Waals surface area contributed by atoms with Gasteiger partial charge < -0.3 is 4.42 Å². The van der Waals surface area contributed by atoms with Gasteiger partial charge in [-0.1, -0.05) is 30.3 Å². The minimum atomic E-state index is 0.320. The lowest BCUT2D eigenvalue weighted by Crippen LogP contribution is -2.04. The molecule has 0 amide bonds. The highest BCUT2D eigenvalue weighted by Gasteiger charge is 2.08. The molecule has 0 bridgehead atoms. The molecule has 0 aliphatic heterocycles. The average molecular weight is 242 g/mol. The van der Waals surface area contributed by atoms with Crippen LogP contribution in [0.4, 0.5) is 0 Å². The summed E-state index contributed by atoms with van der Waals surface area (Å²) in [7, 11) is 0. The zero-order valence-corrected chi connectivity index (χ0v) is 9.69. The molecule has 3 rings (SSSR count). The van der Waals surface area contributed by atoms with Gasteiger partial charge in [-0.25, -0.2) is 0 Å². The van der Waals surface area contributed by atoms with Gasteiger partial charge in [-0.05, 0) is 5.21 Å². The topological polar surface area (TPSA) is 82.5 Å². The van der Waals surface area contributed by atoms with Crippen molar-refractivity contribution in [2.24, 2.45) is 0 Å². The Bertz CT molecular complexity index is 644. The molecule has 2 heterocycles. The lowest BCUT2D eigenvalue weighted by atomic mass is 10.2. The summed E-state index contributed by atoms with van der Waals surface area (Å²) in [6.07, 6.45) is 0. The molecule has 18 heavy (non-hydrogen) atoms. The van der Waals surface area contributed by atoms with E-state index in [1.807, 2.05) is 30.3 Å². The van der Waals surface area contributed by atoms with Crippen LogP contribution in [0.5, 0.6) is 0 Å². The monoisotopic (exact) mass is 242 g/mol. The minimum Gasteiger partial charge on any atom is -0.423 e. The molecule has 0 unspecified atom stereocenters. The van der Waals surface area contributed by atoms with Crippen molar-refractivity contribution in [3.8, 4) is 11.4 Å². The second-order valence-corrected chi connectivity index (χ2v) is 3.72. The van der Waals surface area contributed by atoms with Gasteiger partial charge in [-0.2, -0.15) is 4.80 Å². The van der Waals surface area contributed by atoms with Gasteiger partial charge in [-0.15, -0.1) is 20.4 Å². The Morgan fingerprint density at radius 2 is 1.94 bits per heavy atom. The Hall–Kier alpha value is -2.57. The summed E-state index contributed by atoms with van der Waals surface area (Å²) in [5.74, 6) is 1.56. The number of aromatic nitrogens is 6. The summed E-state index contributed by atoms with van der Waals surface area (Å²) in [6.45, 7) is 2.06. The first kappa shape index (κ1) is 10.6. The third-order valence-corrected chi connectivity index (χ3v) is 2.33. The maximum Gasteiger partial charge on any atom is 0.239 e. The third kappa shape index (κ3) is 2.10. The lowest BCUT2D eigenvalue weighted by molar-refractivity contribution is 0.424. The van der Waals surface area contributed by atoms with Gasteiger partial charge in [0, 0.05) is 12.5 Å². The van der Waals surface area contributed by atoms with Crippen molar-refractivity contribution in [3.05, 3.63) is 42.1 Å². The van der Waals surface area contributed by atoms with E-state index in [2.05, 4.69) is 25.6 Å². The molecule has 0 N–H and O–H groups in total. The predicted octanol–water partition coefficient (Wildman–Crippen LogP) is 1.08. The number of rotatable bonds is 3. The van der Waals surface area contributed by atoms with E-state index in [-0.39, 0.29) is 0 Å². The number of aryl methyl sites for hydroxylation is 1. The summed E-state index contributed by atoms with van der Waals surface area (Å²) >= 11 is 0. The van der Waals surface area contributed by atoms with Crippen LogP contribution in [-0.2, 0) is 6.54 Å². The summed E-state index contributed by atoms with van der Waals surface area (Å²) in [5.41, 5.74) is 0.922. The fourth-order valence-electron chi connectivity index (χ4n) is 1.54. The van der Waals surface area contributed by atoms with Crippen molar-refractivity contribution in [3.63, 3.8) is 0 Å². The van der Waals surface area contributed by atoms with Crippen molar-refractivity contribution < 1.29 is 4.42 Å². The van der Waals surface area contributed by atoms with Crippen molar-refractivity contribution in [2.45, 2.75) is 13.5 Å². The Morgan fingerprint density at radius 1 is 1.11 bits per heavy atom. The molecule has 0 radical (unpaired) electrons. The van der Waals surface area contributed by atoms with Crippen LogP contribution in [0.3, 0.4) is 0 Å². The first-order chi connectivity index (χ1) is 8.81. The number of hydrogen-bond donors (Lipinski definition) is 0. The van der Waals surface area contributed by atoms with E-state index in [0.29, 0.717) is 24.2 Å². The zero-order chi connectivity index (χ0) is 12.4. The summed E-state index contributed by atoms with van der Waals surface area (Å²) in [5, 5.41) is 19.8. The molecule has 0 fully saturated rings. The van der Waals surface area contributed by atoms with Gasteiger partial charge in [-0.3, -0.25) is 0 Å². The van der Waals surface area contributed by atoms with Crippen LogP contribution in [-0.4, -0.2) is 30.4 Å². The number of hydrogen-bond acceptors (Lipinski definition) is 6. The van der Waals surface area contributed by atoms with Gasteiger partial charge in [0.1, 0.15) is 6.54 Å². The molecule has 0 saturated carbocycles. The highest BCUT2D eigenvalue weighted by Crippen LogP contribution is 2.12. The minimum absolute atomic E-state index is 0.320. The Morgan fingerprint density at radius 3 is 2.67 bits per heavy atom. The van der Waals surface area contributed by atoms with Crippen LogP contribution in [0, 0.1) is 6.92 Å². The second kappa shape index (κ2) is 4.36. The Balaban J connectivity index is 1.82. The predicted molar refractivity (Wildman–Crippen MR) is 61.4 cm³/mol. The zero-order valence-electron chi connectivity index (χ0n) is 9.69. The molecule has 0 atom stereocenters. The smallest absolute Gasteiger partial charge is 0.239 e. The molecule has 90 valence electrons. The maximum absolute atomic E-state index is 5.25. The molecule has 7 nitrogen and oxygen atoms in total.